The van der Waals surface area contributed by atoms with Crippen LogP contribution in [0.2, 0.25) is 0 Å². The molecule has 4 nitrogen and oxygen atoms in total. The van der Waals surface area contributed by atoms with E-state index < -0.39 is 0 Å². The van der Waals surface area contributed by atoms with Gasteiger partial charge in [0.2, 0.25) is 0 Å². The molecule has 0 aromatic heterocycles. The van der Waals surface area contributed by atoms with Crippen molar-refractivity contribution in [2.24, 2.45) is 0 Å². The Morgan fingerprint density at radius 2 is 2.05 bits per heavy atom. The van der Waals surface area contributed by atoms with E-state index in [0.717, 1.165) is 4.47 Å². The van der Waals surface area contributed by atoms with E-state index in [1.807, 2.05) is 33.8 Å². The number of thiocarbonyl (C=S) groups is 1. The number of benzene rings is 1. The highest BCUT2D eigenvalue weighted by Crippen LogP contribution is 2.23. The molecule has 1 aromatic rings. The van der Waals surface area contributed by atoms with Gasteiger partial charge in [0.15, 0.2) is 5.11 Å². The Morgan fingerprint density at radius 3 is 2.60 bits per heavy atom. The van der Waals surface area contributed by atoms with Gasteiger partial charge >= 0.3 is 0 Å². The van der Waals surface area contributed by atoms with E-state index in [4.69, 9.17) is 17.0 Å². The Morgan fingerprint density at radius 1 is 1.40 bits per heavy atom. The van der Waals surface area contributed by atoms with Crippen LogP contribution in [0.5, 0.6) is 5.75 Å². The topological polar surface area (TPSA) is 50.4 Å². The molecule has 110 valence electrons. The lowest BCUT2D eigenvalue weighted by Crippen LogP contribution is -2.48. The molecule has 0 aliphatic heterocycles. The fourth-order valence-electron chi connectivity index (χ4n) is 1.50. The smallest absolute Gasteiger partial charge is 0.261 e. The normalized spacial score (nSPS) is 10.8. The Hall–Kier alpha value is -1.14. The summed E-state index contributed by atoms with van der Waals surface area (Å²) in [6, 6.07) is 5.29. The van der Waals surface area contributed by atoms with Crippen LogP contribution in [0.15, 0.2) is 22.7 Å². The lowest BCUT2D eigenvalue weighted by Gasteiger charge is -2.22. The van der Waals surface area contributed by atoms with Crippen molar-refractivity contribution in [1.82, 2.24) is 10.6 Å². The van der Waals surface area contributed by atoms with Crippen LogP contribution in [0.1, 0.15) is 38.1 Å². The Kier molecular flexibility index (Phi) is 5.95. The first-order valence-electron chi connectivity index (χ1n) is 6.29. The molecule has 2 N–H and O–H groups in total. The molecule has 20 heavy (non-hydrogen) atoms. The molecule has 1 rings (SSSR count). The Bertz CT molecular complexity index is 512. The third kappa shape index (κ3) is 5.46. The van der Waals surface area contributed by atoms with Crippen molar-refractivity contribution >= 4 is 39.2 Å². The number of nitrogens with one attached hydrogen (secondary N) is 2. The number of halogens is 1. The molecule has 0 saturated carbocycles. The Labute approximate surface area is 133 Å². The van der Waals surface area contributed by atoms with Gasteiger partial charge in [-0.15, -0.1) is 0 Å². The first-order chi connectivity index (χ1) is 9.23. The highest BCUT2D eigenvalue weighted by molar-refractivity contribution is 9.10. The number of ether oxygens (including phenoxy) is 1. The van der Waals surface area contributed by atoms with Crippen LogP contribution in [0.3, 0.4) is 0 Å². The van der Waals surface area contributed by atoms with E-state index >= 15 is 0 Å². The fraction of sp³-hybridized carbons (Fsp3) is 0.429. The number of amides is 1. The van der Waals surface area contributed by atoms with E-state index in [0.29, 0.717) is 23.0 Å². The maximum atomic E-state index is 12.2. The zero-order valence-electron chi connectivity index (χ0n) is 12.0. The molecular weight excluding hydrogens is 340 g/mol. The number of hydrogen-bond acceptors (Lipinski definition) is 3. The standard InChI is InChI=1S/C14H19BrN2O2S/c1-5-19-11-7-6-9(15)8-10(11)12(18)16-13(20)17-14(2,3)4/h6-8H,5H2,1-4H3,(H2,16,17,18,20). The maximum Gasteiger partial charge on any atom is 0.261 e. The van der Waals surface area contributed by atoms with E-state index in [9.17, 15) is 4.79 Å². The predicted molar refractivity (Wildman–Crippen MR) is 88.3 cm³/mol. The summed E-state index contributed by atoms with van der Waals surface area (Å²) < 4.78 is 6.26. The van der Waals surface area contributed by atoms with Crippen LogP contribution in [-0.4, -0.2) is 23.2 Å². The summed E-state index contributed by atoms with van der Waals surface area (Å²) in [4.78, 5) is 12.2. The van der Waals surface area contributed by atoms with Crippen molar-refractivity contribution in [1.29, 1.82) is 0 Å². The quantitative estimate of drug-likeness (QED) is 0.814. The van der Waals surface area contributed by atoms with E-state index in [2.05, 4.69) is 26.6 Å². The minimum absolute atomic E-state index is 0.204. The third-order valence-electron chi connectivity index (χ3n) is 2.20. The largest absolute Gasteiger partial charge is 0.493 e. The van der Waals surface area contributed by atoms with Crippen LogP contribution >= 0.6 is 28.1 Å². The molecule has 0 aliphatic rings. The zero-order chi connectivity index (χ0) is 15.3. The first kappa shape index (κ1) is 16.9. The van der Waals surface area contributed by atoms with Crippen molar-refractivity contribution < 1.29 is 9.53 Å². The molecule has 6 heteroatoms. The molecule has 0 bridgehead atoms. The average Bonchev–Trinajstić information content (AvgIpc) is 2.29. The van der Waals surface area contributed by atoms with Crippen molar-refractivity contribution in [3.63, 3.8) is 0 Å². The van der Waals surface area contributed by atoms with Crippen LogP contribution in [0.4, 0.5) is 0 Å². The Balaban J connectivity index is 2.86. The second-order valence-electron chi connectivity index (χ2n) is 5.23. The molecule has 0 fully saturated rings. The second kappa shape index (κ2) is 7.04. The summed E-state index contributed by atoms with van der Waals surface area (Å²) >= 11 is 8.47. The van der Waals surface area contributed by atoms with Crippen LogP contribution in [0.25, 0.3) is 0 Å². The molecule has 1 amide bonds. The van der Waals surface area contributed by atoms with E-state index in [1.54, 1.807) is 12.1 Å². The molecule has 1 aromatic carbocycles. The summed E-state index contributed by atoms with van der Waals surface area (Å²) in [5.41, 5.74) is 0.240. The molecule has 0 aliphatic carbocycles. The second-order valence-corrected chi connectivity index (χ2v) is 6.56. The summed E-state index contributed by atoms with van der Waals surface area (Å²) in [5.74, 6) is 0.239. The van der Waals surface area contributed by atoms with E-state index in [-0.39, 0.29) is 11.4 Å². The van der Waals surface area contributed by atoms with Gasteiger partial charge in [0.05, 0.1) is 12.2 Å². The zero-order valence-corrected chi connectivity index (χ0v) is 14.4. The summed E-state index contributed by atoms with van der Waals surface area (Å²) in [6.07, 6.45) is 0. The summed E-state index contributed by atoms with van der Waals surface area (Å²) in [5, 5.41) is 5.99. The average molecular weight is 359 g/mol. The van der Waals surface area contributed by atoms with Crippen LogP contribution in [0, 0.1) is 0 Å². The van der Waals surface area contributed by atoms with Gasteiger partial charge in [0.1, 0.15) is 5.75 Å². The maximum absolute atomic E-state index is 12.2. The number of hydrogen-bond donors (Lipinski definition) is 2. The van der Waals surface area contributed by atoms with E-state index in [1.165, 1.54) is 0 Å². The highest BCUT2D eigenvalue weighted by Gasteiger charge is 2.17. The van der Waals surface area contributed by atoms with Crippen LogP contribution < -0.4 is 15.4 Å². The molecule has 0 unspecified atom stereocenters. The minimum Gasteiger partial charge on any atom is -0.493 e. The lowest BCUT2D eigenvalue weighted by molar-refractivity contribution is 0.0972. The number of carbonyl (C=O) groups excluding carboxylic acids is 1. The fourth-order valence-corrected chi connectivity index (χ4v) is 2.26. The molecule has 0 saturated heterocycles. The van der Waals surface area contributed by atoms with Gasteiger partial charge < -0.3 is 10.1 Å². The molecule has 0 heterocycles. The summed E-state index contributed by atoms with van der Waals surface area (Å²) in [7, 11) is 0. The lowest BCUT2D eigenvalue weighted by atomic mass is 10.1. The first-order valence-corrected chi connectivity index (χ1v) is 7.49. The molecular formula is C14H19BrN2O2S. The highest BCUT2D eigenvalue weighted by atomic mass is 79.9. The predicted octanol–water partition coefficient (Wildman–Crippen LogP) is 3.25. The molecule has 0 atom stereocenters. The third-order valence-corrected chi connectivity index (χ3v) is 2.90. The van der Waals surface area contributed by atoms with Gasteiger partial charge in [-0.1, -0.05) is 15.9 Å². The van der Waals surface area contributed by atoms with Crippen molar-refractivity contribution in [3.8, 4) is 5.75 Å². The van der Waals surface area contributed by atoms with Gasteiger partial charge in [0.25, 0.3) is 5.91 Å². The summed E-state index contributed by atoms with van der Waals surface area (Å²) in [6.45, 7) is 8.27. The minimum atomic E-state index is -0.295. The monoisotopic (exact) mass is 358 g/mol. The van der Waals surface area contributed by atoms with Crippen molar-refractivity contribution in [3.05, 3.63) is 28.2 Å². The van der Waals surface area contributed by atoms with Gasteiger partial charge in [-0.25, -0.2) is 0 Å². The van der Waals surface area contributed by atoms with Crippen molar-refractivity contribution in [2.45, 2.75) is 33.2 Å². The van der Waals surface area contributed by atoms with Crippen LogP contribution in [-0.2, 0) is 0 Å². The number of carbonyl (C=O) groups is 1. The molecule has 0 radical (unpaired) electrons. The number of rotatable bonds is 3. The van der Waals surface area contributed by atoms with Gasteiger partial charge in [-0.3, -0.25) is 10.1 Å². The molecule has 0 spiro atoms. The van der Waals surface area contributed by atoms with Crippen molar-refractivity contribution in [2.75, 3.05) is 6.61 Å². The van der Waals surface area contributed by atoms with Gasteiger partial charge in [-0.05, 0) is 58.1 Å². The van der Waals surface area contributed by atoms with Gasteiger partial charge in [-0.2, -0.15) is 0 Å². The SMILES string of the molecule is CCOc1ccc(Br)cc1C(=O)NC(=S)NC(C)(C)C. The van der Waals surface area contributed by atoms with Gasteiger partial charge in [0, 0.05) is 10.0 Å².